The number of hydrogen-bond acceptors (Lipinski definition) is 12. The quantitative estimate of drug-likeness (QED) is 0.170. The van der Waals surface area contributed by atoms with E-state index in [0.717, 1.165) is 48.5 Å². The Labute approximate surface area is 369 Å². The number of piperidine rings is 2. The molecule has 3 aliphatic heterocycles. The van der Waals surface area contributed by atoms with E-state index in [1.54, 1.807) is 36.0 Å². The zero-order chi connectivity index (χ0) is 45.3. The number of rotatable bonds is 12. The number of halogens is 2. The zero-order valence-corrected chi connectivity index (χ0v) is 36.4. The first-order valence-electron chi connectivity index (χ1n) is 21.5. The Bertz CT molecular complexity index is 2690. The van der Waals surface area contributed by atoms with Crippen LogP contribution < -0.4 is 30.6 Å². The number of fused-ring (bicyclic) bond motifs is 1. The largest absolute Gasteiger partial charge is 0.453 e. The molecule has 2 atom stereocenters. The maximum Gasteiger partial charge on any atom is 0.301 e. The van der Waals surface area contributed by atoms with Crippen LogP contribution in [-0.2, 0) is 24.6 Å². The highest BCUT2D eigenvalue weighted by Gasteiger charge is 2.43. The number of nitrogens with one attached hydrogen (secondary N) is 3. The molecule has 4 aliphatic rings. The van der Waals surface area contributed by atoms with Crippen LogP contribution in [0.3, 0.4) is 0 Å². The van der Waals surface area contributed by atoms with E-state index in [4.69, 9.17) is 4.74 Å². The first-order chi connectivity index (χ1) is 30.7. The lowest BCUT2D eigenvalue weighted by Gasteiger charge is -2.41. The van der Waals surface area contributed by atoms with Gasteiger partial charge >= 0.3 is 10.2 Å². The van der Waals surface area contributed by atoms with Gasteiger partial charge in [0, 0.05) is 71.0 Å². The number of nitrogens with zero attached hydrogens (tertiary/aromatic N) is 7. The third-order valence-corrected chi connectivity index (χ3v) is 14.7. The summed E-state index contributed by atoms with van der Waals surface area (Å²) >= 11 is 0. The van der Waals surface area contributed by atoms with Crippen LogP contribution in [-0.4, -0.2) is 115 Å². The van der Waals surface area contributed by atoms with Gasteiger partial charge in [-0.05, 0) is 92.5 Å². The monoisotopic (exact) mass is 900 g/mol. The number of aromatic nitrogens is 2. The standard InChI is InChI=1S/C44H50F2N10O7S/c1-3-52(2)64(61,62)51-36-8-6-33(45)41(32(36)25-47)63-30-5-7-35-31(23-30)43(60)56(27-48-35)29-12-13-44(24-29)14-16-55(17-15-44)40(58)26-53-18-20-54(21-19-53)38-10-4-28(22-34(38)46)49-37-9-11-39(57)50-42(37)59/h4-8,10,22-23,27,29,37,49,51H,3,9,11-21,24,26H2,1-2H3,(H,50,57,59)/t29-,37?/m0/s1. The topological polar surface area (TPSA) is 202 Å². The number of piperazine rings is 1. The number of benzene rings is 3. The Kier molecular flexibility index (Phi) is 12.6. The molecule has 0 bridgehead atoms. The molecule has 1 saturated carbocycles. The highest BCUT2D eigenvalue weighted by atomic mass is 32.2. The van der Waals surface area contributed by atoms with Gasteiger partial charge in [-0.25, -0.2) is 13.8 Å². The van der Waals surface area contributed by atoms with Gasteiger partial charge < -0.3 is 19.9 Å². The van der Waals surface area contributed by atoms with Gasteiger partial charge in [-0.15, -0.1) is 0 Å². The van der Waals surface area contributed by atoms with Crippen molar-refractivity contribution in [1.29, 1.82) is 5.26 Å². The number of carbonyl (C=O) groups is 3. The summed E-state index contributed by atoms with van der Waals surface area (Å²) in [4.78, 5) is 61.6. The van der Waals surface area contributed by atoms with Crippen LogP contribution in [0.1, 0.15) is 63.5 Å². The molecule has 3 saturated heterocycles. The maximum atomic E-state index is 15.2. The lowest BCUT2D eigenvalue weighted by atomic mass is 9.77. The Hall–Kier alpha value is -6.17. The number of amides is 3. The Balaban J connectivity index is 0.847. The van der Waals surface area contributed by atoms with Crippen LogP contribution in [0.4, 0.5) is 25.8 Å². The second-order valence-electron chi connectivity index (χ2n) is 17.0. The zero-order valence-electron chi connectivity index (χ0n) is 35.6. The minimum Gasteiger partial charge on any atom is -0.453 e. The molecule has 1 aliphatic carbocycles. The molecule has 8 rings (SSSR count). The molecule has 4 heterocycles. The van der Waals surface area contributed by atoms with Gasteiger partial charge in [-0.2, -0.15) is 18.0 Å². The van der Waals surface area contributed by atoms with E-state index in [0.29, 0.717) is 62.6 Å². The fourth-order valence-corrected chi connectivity index (χ4v) is 10.2. The van der Waals surface area contributed by atoms with Crippen molar-refractivity contribution < 1.29 is 36.3 Å². The predicted molar refractivity (Wildman–Crippen MR) is 234 cm³/mol. The SMILES string of the molecule is CCN(C)S(=O)(=O)Nc1ccc(F)c(Oc2ccc3ncn([C@H]4CCC5(CCN(C(=O)CN6CCN(c7ccc(NC8CCC(=O)NC8=O)cc7F)CC6)CC5)C4)c(=O)c3c2)c1C#N. The van der Waals surface area contributed by atoms with Gasteiger partial charge in [0.15, 0.2) is 11.6 Å². The van der Waals surface area contributed by atoms with E-state index < -0.39 is 39.5 Å². The third kappa shape index (κ3) is 9.23. The van der Waals surface area contributed by atoms with Gasteiger partial charge in [0.2, 0.25) is 17.7 Å². The summed E-state index contributed by atoms with van der Waals surface area (Å²) in [6, 6.07) is 12.5. The van der Waals surface area contributed by atoms with E-state index >= 15 is 8.78 Å². The third-order valence-electron chi connectivity index (χ3n) is 13.1. The van der Waals surface area contributed by atoms with Gasteiger partial charge in [0.05, 0.1) is 35.1 Å². The summed E-state index contributed by atoms with van der Waals surface area (Å²) in [6.45, 7) is 5.58. The molecule has 4 aromatic rings. The molecular formula is C44H50F2N10O7S. The number of nitriles is 1. The second kappa shape index (κ2) is 18.1. The summed E-state index contributed by atoms with van der Waals surface area (Å²) in [7, 11) is -2.66. The van der Waals surface area contributed by atoms with Crippen LogP contribution in [0.15, 0.2) is 59.7 Å². The Morgan fingerprint density at radius 1 is 1.00 bits per heavy atom. The first kappa shape index (κ1) is 44.4. The minimum absolute atomic E-state index is 0.0346. The van der Waals surface area contributed by atoms with Crippen molar-refractivity contribution in [2.24, 2.45) is 5.41 Å². The molecule has 3 N–H and O–H groups in total. The normalized spacial score (nSPS) is 20.4. The fourth-order valence-electron chi connectivity index (χ4n) is 9.22. The summed E-state index contributed by atoms with van der Waals surface area (Å²) < 4.78 is 66.5. The molecule has 4 fully saturated rings. The van der Waals surface area contributed by atoms with Crippen LogP contribution in [0.2, 0.25) is 0 Å². The number of ether oxygens (including phenoxy) is 1. The van der Waals surface area contributed by atoms with Crippen molar-refractivity contribution >= 4 is 55.9 Å². The van der Waals surface area contributed by atoms with Gasteiger partial charge in [-0.1, -0.05) is 6.92 Å². The summed E-state index contributed by atoms with van der Waals surface area (Å²) in [5.41, 5.74) is 0.465. The van der Waals surface area contributed by atoms with E-state index in [-0.39, 0.29) is 70.7 Å². The molecule has 1 unspecified atom stereocenters. The molecule has 64 heavy (non-hydrogen) atoms. The van der Waals surface area contributed by atoms with Crippen LogP contribution in [0, 0.1) is 28.4 Å². The summed E-state index contributed by atoms with van der Waals surface area (Å²) in [5, 5.41) is 15.5. The lowest BCUT2D eigenvalue weighted by molar-refractivity contribution is -0.135. The van der Waals surface area contributed by atoms with Gasteiger partial charge in [-0.3, -0.25) is 38.7 Å². The van der Waals surface area contributed by atoms with E-state index in [1.807, 2.05) is 15.9 Å². The Morgan fingerprint density at radius 2 is 1.77 bits per heavy atom. The summed E-state index contributed by atoms with van der Waals surface area (Å²) in [5.74, 6) is -2.42. The predicted octanol–water partition coefficient (Wildman–Crippen LogP) is 4.32. The van der Waals surface area contributed by atoms with Crippen molar-refractivity contribution in [3.8, 4) is 17.6 Å². The second-order valence-corrected chi connectivity index (χ2v) is 18.8. The molecule has 1 spiro atoms. The molecule has 0 radical (unpaired) electrons. The van der Waals surface area contributed by atoms with E-state index in [2.05, 4.69) is 25.2 Å². The van der Waals surface area contributed by atoms with Gasteiger partial charge in [0.25, 0.3) is 5.56 Å². The molecule has 3 amide bonds. The van der Waals surface area contributed by atoms with Crippen molar-refractivity contribution in [2.75, 3.05) is 74.3 Å². The smallest absolute Gasteiger partial charge is 0.301 e. The average molecular weight is 901 g/mol. The van der Waals surface area contributed by atoms with Crippen LogP contribution >= 0.6 is 0 Å². The molecule has 338 valence electrons. The highest BCUT2D eigenvalue weighted by molar-refractivity contribution is 7.90. The van der Waals surface area contributed by atoms with Crippen LogP contribution in [0.25, 0.3) is 10.9 Å². The number of imide groups is 1. The molecule has 20 heteroatoms. The van der Waals surface area contributed by atoms with Crippen LogP contribution in [0.5, 0.6) is 11.5 Å². The summed E-state index contributed by atoms with van der Waals surface area (Å²) in [6.07, 6.45) is 6.13. The van der Waals surface area contributed by atoms with Crippen molar-refractivity contribution in [3.05, 3.63) is 82.4 Å². The minimum atomic E-state index is -4.02. The maximum absolute atomic E-state index is 15.2. The van der Waals surface area contributed by atoms with Crippen molar-refractivity contribution in [1.82, 2.24) is 29.0 Å². The van der Waals surface area contributed by atoms with Crippen molar-refractivity contribution in [3.63, 3.8) is 0 Å². The van der Waals surface area contributed by atoms with E-state index in [1.165, 1.54) is 25.2 Å². The lowest BCUT2D eigenvalue weighted by Crippen LogP contribution is -2.51. The molecular weight excluding hydrogens is 851 g/mol. The number of anilines is 3. The first-order valence-corrected chi connectivity index (χ1v) is 22.9. The fraction of sp³-hybridized carbons (Fsp3) is 0.455. The molecule has 17 nitrogen and oxygen atoms in total. The van der Waals surface area contributed by atoms with E-state index in [9.17, 15) is 32.9 Å². The highest BCUT2D eigenvalue weighted by Crippen LogP contribution is 2.50. The van der Waals surface area contributed by atoms with Crippen molar-refractivity contribution in [2.45, 2.75) is 64.0 Å². The average Bonchev–Trinajstić information content (AvgIpc) is 3.68. The molecule has 1 aromatic heterocycles. The number of hydrogen-bond donors (Lipinski definition) is 3. The number of carbonyl (C=O) groups excluding carboxylic acids is 3. The Morgan fingerprint density at radius 3 is 2.47 bits per heavy atom. The van der Waals surface area contributed by atoms with Gasteiger partial charge in [0.1, 0.15) is 29.2 Å². The molecule has 3 aromatic carbocycles. The number of likely N-dealkylation sites (tertiary alicyclic amines) is 1.